The van der Waals surface area contributed by atoms with Gasteiger partial charge in [-0.2, -0.15) is 0 Å². The molecular weight excluding hydrogens is 213 g/mol. The van der Waals surface area contributed by atoms with Crippen molar-refractivity contribution >= 4 is 33.2 Å². The summed E-state index contributed by atoms with van der Waals surface area (Å²) in [6.45, 7) is 0. The van der Waals surface area contributed by atoms with Crippen molar-refractivity contribution in [1.82, 2.24) is 0 Å². The summed E-state index contributed by atoms with van der Waals surface area (Å²) in [5.74, 6) is 0. The van der Waals surface area contributed by atoms with Crippen LogP contribution in [0.25, 0.3) is 0 Å². The normalized spacial score (nSPS) is 9.40. The Balaban J connectivity index is 2.75. The number of rotatable bonds is 2. The molecule has 0 bridgehead atoms. The second-order valence-electron chi connectivity index (χ2n) is 1.82. The minimum atomic E-state index is 0.743. The summed E-state index contributed by atoms with van der Waals surface area (Å²) < 4.78 is 0. The Morgan fingerprint density at radius 3 is 2.90 bits per heavy atom. The molecule has 0 fully saturated rings. The largest absolute Gasteiger partial charge is 0.375 e. The maximum absolute atomic E-state index is 5.73. The van der Waals surface area contributed by atoms with E-state index in [-0.39, 0.29) is 0 Å². The second-order valence-corrected chi connectivity index (χ2v) is 2.82. The SMILES string of the molecule is Clc1cccc(NCBr)c1. The van der Waals surface area contributed by atoms with Gasteiger partial charge in [0, 0.05) is 10.7 Å². The monoisotopic (exact) mass is 219 g/mol. The lowest BCUT2D eigenvalue weighted by Gasteiger charge is -2.00. The summed E-state index contributed by atoms with van der Waals surface area (Å²) >= 11 is 8.98. The summed E-state index contributed by atoms with van der Waals surface area (Å²) in [6, 6.07) is 7.60. The number of benzene rings is 1. The maximum atomic E-state index is 5.73. The van der Waals surface area contributed by atoms with E-state index in [1.165, 1.54) is 0 Å². The molecule has 1 nitrogen and oxygen atoms in total. The van der Waals surface area contributed by atoms with Crippen molar-refractivity contribution < 1.29 is 0 Å². The number of anilines is 1. The predicted molar refractivity (Wildman–Crippen MR) is 48.9 cm³/mol. The van der Waals surface area contributed by atoms with Crippen molar-refractivity contribution in [2.45, 2.75) is 0 Å². The number of nitrogens with one attached hydrogen (secondary N) is 1. The van der Waals surface area contributed by atoms with E-state index in [4.69, 9.17) is 11.6 Å². The molecule has 1 aromatic rings. The smallest absolute Gasteiger partial charge is 0.0707 e. The molecule has 3 heteroatoms. The fourth-order valence-corrected chi connectivity index (χ4v) is 1.19. The van der Waals surface area contributed by atoms with Gasteiger partial charge in [-0.25, -0.2) is 0 Å². The first-order valence-corrected chi connectivity index (χ1v) is 4.38. The Morgan fingerprint density at radius 2 is 2.30 bits per heavy atom. The molecule has 0 heterocycles. The molecule has 0 saturated carbocycles. The lowest BCUT2D eigenvalue weighted by atomic mass is 10.3. The molecule has 1 rings (SSSR count). The molecule has 0 aromatic heterocycles. The van der Waals surface area contributed by atoms with Crippen molar-refractivity contribution in [3.05, 3.63) is 29.3 Å². The van der Waals surface area contributed by atoms with Crippen molar-refractivity contribution in [2.24, 2.45) is 0 Å². The van der Waals surface area contributed by atoms with Gasteiger partial charge >= 0.3 is 0 Å². The Bertz CT molecular complexity index is 215. The van der Waals surface area contributed by atoms with Crippen molar-refractivity contribution in [3.8, 4) is 0 Å². The highest BCUT2D eigenvalue weighted by Crippen LogP contribution is 2.14. The highest BCUT2D eigenvalue weighted by molar-refractivity contribution is 9.09. The van der Waals surface area contributed by atoms with E-state index in [0.29, 0.717) is 0 Å². The van der Waals surface area contributed by atoms with E-state index in [1.807, 2.05) is 24.3 Å². The molecule has 0 aliphatic heterocycles. The zero-order chi connectivity index (χ0) is 7.40. The van der Waals surface area contributed by atoms with E-state index in [1.54, 1.807) is 0 Å². The van der Waals surface area contributed by atoms with E-state index in [2.05, 4.69) is 21.2 Å². The number of hydrogen-bond donors (Lipinski definition) is 1. The number of alkyl halides is 1. The first-order valence-electron chi connectivity index (χ1n) is 2.88. The summed E-state index contributed by atoms with van der Waals surface area (Å²) in [5.41, 5.74) is 1.78. The van der Waals surface area contributed by atoms with Crippen LogP contribution < -0.4 is 5.32 Å². The molecule has 54 valence electrons. The quantitative estimate of drug-likeness (QED) is 0.596. The Kier molecular flexibility index (Phi) is 3.03. The van der Waals surface area contributed by atoms with E-state index < -0.39 is 0 Å². The molecule has 0 spiro atoms. The van der Waals surface area contributed by atoms with Gasteiger partial charge < -0.3 is 5.32 Å². The topological polar surface area (TPSA) is 12.0 Å². The Morgan fingerprint density at radius 1 is 1.50 bits per heavy atom. The fourth-order valence-electron chi connectivity index (χ4n) is 0.676. The van der Waals surface area contributed by atoms with Crippen LogP contribution in [0.3, 0.4) is 0 Å². The molecule has 0 unspecified atom stereocenters. The molecule has 0 radical (unpaired) electrons. The molecule has 1 aromatic carbocycles. The molecule has 0 aliphatic carbocycles. The van der Waals surface area contributed by atoms with Gasteiger partial charge in [0.2, 0.25) is 0 Å². The molecule has 0 saturated heterocycles. The van der Waals surface area contributed by atoms with Gasteiger partial charge in [-0.15, -0.1) is 0 Å². The Labute approximate surface area is 73.5 Å². The van der Waals surface area contributed by atoms with Crippen molar-refractivity contribution in [3.63, 3.8) is 0 Å². The van der Waals surface area contributed by atoms with Crippen LogP contribution in [-0.2, 0) is 0 Å². The second kappa shape index (κ2) is 3.84. The molecule has 0 amide bonds. The summed E-state index contributed by atoms with van der Waals surface area (Å²) in [6.07, 6.45) is 0. The zero-order valence-electron chi connectivity index (χ0n) is 5.27. The third-order valence-electron chi connectivity index (χ3n) is 1.10. The Hall–Kier alpha value is -0.210. The first-order chi connectivity index (χ1) is 4.83. The molecule has 1 N–H and O–H groups in total. The van der Waals surface area contributed by atoms with Gasteiger partial charge in [0.1, 0.15) is 0 Å². The standard InChI is InChI=1S/C7H7BrClN/c8-5-10-7-3-1-2-6(9)4-7/h1-4,10H,5H2. The number of halogens is 2. The predicted octanol–water partition coefficient (Wildman–Crippen LogP) is 3.10. The van der Waals surface area contributed by atoms with E-state index in [0.717, 1.165) is 16.2 Å². The maximum Gasteiger partial charge on any atom is 0.0707 e. The third kappa shape index (κ3) is 2.20. The van der Waals surface area contributed by atoms with Crippen molar-refractivity contribution in [2.75, 3.05) is 10.8 Å². The summed E-state index contributed by atoms with van der Waals surface area (Å²) in [5, 5.41) is 3.84. The average Bonchev–Trinajstić information content (AvgIpc) is 1.88. The van der Waals surface area contributed by atoms with Crippen LogP contribution in [0.15, 0.2) is 24.3 Å². The molecule has 0 atom stereocenters. The van der Waals surface area contributed by atoms with Crippen LogP contribution in [0.4, 0.5) is 5.69 Å². The lowest BCUT2D eigenvalue weighted by molar-refractivity contribution is 1.48. The van der Waals surface area contributed by atoms with Gasteiger partial charge in [-0.1, -0.05) is 33.6 Å². The molecule has 10 heavy (non-hydrogen) atoms. The van der Waals surface area contributed by atoms with Gasteiger partial charge in [-0.3, -0.25) is 0 Å². The van der Waals surface area contributed by atoms with Gasteiger partial charge in [0.15, 0.2) is 0 Å². The van der Waals surface area contributed by atoms with Crippen LogP contribution in [0.2, 0.25) is 5.02 Å². The average molecular weight is 220 g/mol. The number of hydrogen-bond acceptors (Lipinski definition) is 1. The summed E-state index contributed by atoms with van der Waals surface area (Å²) in [7, 11) is 0. The van der Waals surface area contributed by atoms with Gasteiger partial charge in [-0.05, 0) is 18.2 Å². The first kappa shape index (κ1) is 7.89. The van der Waals surface area contributed by atoms with Gasteiger partial charge in [0.05, 0.1) is 5.45 Å². The van der Waals surface area contributed by atoms with Crippen LogP contribution >= 0.6 is 27.5 Å². The lowest BCUT2D eigenvalue weighted by Crippen LogP contribution is -1.92. The minimum Gasteiger partial charge on any atom is -0.375 e. The van der Waals surface area contributed by atoms with E-state index >= 15 is 0 Å². The third-order valence-corrected chi connectivity index (χ3v) is 1.61. The zero-order valence-corrected chi connectivity index (χ0v) is 7.61. The van der Waals surface area contributed by atoms with Crippen LogP contribution in [0.5, 0.6) is 0 Å². The van der Waals surface area contributed by atoms with Gasteiger partial charge in [0.25, 0.3) is 0 Å². The molecule has 0 aliphatic rings. The van der Waals surface area contributed by atoms with E-state index in [9.17, 15) is 0 Å². The van der Waals surface area contributed by atoms with Crippen LogP contribution in [0, 0.1) is 0 Å². The van der Waals surface area contributed by atoms with Crippen LogP contribution in [-0.4, -0.2) is 5.45 Å². The highest BCUT2D eigenvalue weighted by Gasteiger charge is 1.89. The minimum absolute atomic E-state index is 0.743. The highest BCUT2D eigenvalue weighted by atomic mass is 79.9. The molecular formula is C7H7BrClN. The summed E-state index contributed by atoms with van der Waals surface area (Å²) in [4.78, 5) is 0. The van der Waals surface area contributed by atoms with Crippen molar-refractivity contribution in [1.29, 1.82) is 0 Å². The van der Waals surface area contributed by atoms with Crippen LogP contribution in [0.1, 0.15) is 0 Å². The fraction of sp³-hybridized carbons (Fsp3) is 0.143.